The van der Waals surface area contributed by atoms with Crippen molar-refractivity contribution >= 4 is 17.7 Å². The Morgan fingerprint density at radius 3 is 2.72 bits per heavy atom. The molecule has 0 aromatic carbocycles. The molecule has 1 heterocycles. The third-order valence-electron chi connectivity index (χ3n) is 3.08. The second-order valence-electron chi connectivity index (χ2n) is 4.44. The summed E-state index contributed by atoms with van der Waals surface area (Å²) in [5.74, 6) is -0.0763. The highest BCUT2D eigenvalue weighted by Crippen LogP contribution is 2.30. The maximum Gasteiger partial charge on any atom is 0.342 e. The van der Waals surface area contributed by atoms with Crippen LogP contribution in [0.1, 0.15) is 48.3 Å². The van der Waals surface area contributed by atoms with Crippen molar-refractivity contribution in [3.63, 3.8) is 0 Å². The highest BCUT2D eigenvalue weighted by molar-refractivity contribution is 6.01. The van der Waals surface area contributed by atoms with Gasteiger partial charge in [0.25, 0.3) is 0 Å². The fourth-order valence-corrected chi connectivity index (χ4v) is 2.38. The minimum absolute atomic E-state index is 0.195. The highest BCUT2D eigenvalue weighted by atomic mass is 16.5. The standard InChI is InChI=1S/C13H18N2O3/c1-3-18-13(17)11-9-6-4-5-7-10(9)15-12(11)14-8(2)16/h15H,3-7H2,1-2H3,(H,14,16). The summed E-state index contributed by atoms with van der Waals surface area (Å²) in [6, 6.07) is 0. The van der Waals surface area contributed by atoms with E-state index in [-0.39, 0.29) is 11.9 Å². The maximum atomic E-state index is 12.0. The summed E-state index contributed by atoms with van der Waals surface area (Å²) in [5.41, 5.74) is 2.55. The Bertz CT molecular complexity index is 477. The van der Waals surface area contributed by atoms with E-state index in [0.717, 1.165) is 36.9 Å². The van der Waals surface area contributed by atoms with Gasteiger partial charge >= 0.3 is 5.97 Å². The molecule has 0 fully saturated rings. The first-order valence-electron chi connectivity index (χ1n) is 6.32. The molecule has 2 rings (SSSR count). The van der Waals surface area contributed by atoms with E-state index in [1.807, 2.05) is 0 Å². The topological polar surface area (TPSA) is 71.2 Å². The van der Waals surface area contributed by atoms with E-state index in [9.17, 15) is 9.59 Å². The van der Waals surface area contributed by atoms with Crippen LogP contribution in [-0.2, 0) is 22.4 Å². The van der Waals surface area contributed by atoms with E-state index < -0.39 is 0 Å². The number of anilines is 1. The molecule has 2 N–H and O–H groups in total. The summed E-state index contributed by atoms with van der Waals surface area (Å²) >= 11 is 0. The molecular formula is C13H18N2O3. The zero-order chi connectivity index (χ0) is 13.1. The number of amides is 1. The molecule has 0 bridgehead atoms. The Labute approximate surface area is 106 Å². The number of hydrogen-bond donors (Lipinski definition) is 2. The van der Waals surface area contributed by atoms with Crippen LogP contribution in [0.15, 0.2) is 0 Å². The van der Waals surface area contributed by atoms with Crippen LogP contribution in [-0.4, -0.2) is 23.5 Å². The molecule has 0 radical (unpaired) electrons. The second-order valence-corrected chi connectivity index (χ2v) is 4.44. The SMILES string of the molecule is CCOC(=O)c1c(NC(C)=O)[nH]c2c1CCCC2. The van der Waals surface area contributed by atoms with Crippen LogP contribution in [0.5, 0.6) is 0 Å². The van der Waals surface area contributed by atoms with Gasteiger partial charge in [0, 0.05) is 12.6 Å². The minimum atomic E-state index is -0.361. The predicted molar refractivity (Wildman–Crippen MR) is 67.7 cm³/mol. The van der Waals surface area contributed by atoms with Crippen LogP contribution >= 0.6 is 0 Å². The van der Waals surface area contributed by atoms with Crippen LogP contribution in [0.25, 0.3) is 0 Å². The van der Waals surface area contributed by atoms with Crippen molar-refractivity contribution in [2.24, 2.45) is 0 Å². The van der Waals surface area contributed by atoms with Crippen molar-refractivity contribution in [3.05, 3.63) is 16.8 Å². The van der Waals surface area contributed by atoms with E-state index in [1.54, 1.807) is 6.92 Å². The highest BCUT2D eigenvalue weighted by Gasteiger charge is 2.26. The summed E-state index contributed by atoms with van der Waals surface area (Å²) < 4.78 is 5.06. The van der Waals surface area contributed by atoms with Crippen molar-refractivity contribution in [1.29, 1.82) is 0 Å². The molecule has 18 heavy (non-hydrogen) atoms. The molecule has 1 aliphatic rings. The van der Waals surface area contributed by atoms with E-state index in [4.69, 9.17) is 4.74 Å². The number of H-pyrrole nitrogens is 1. The minimum Gasteiger partial charge on any atom is -0.462 e. The summed E-state index contributed by atoms with van der Waals surface area (Å²) in [6.07, 6.45) is 3.95. The number of nitrogens with one attached hydrogen (secondary N) is 2. The number of carbonyl (C=O) groups is 2. The summed E-state index contributed by atoms with van der Waals surface area (Å²) in [5, 5.41) is 2.67. The van der Waals surface area contributed by atoms with Crippen LogP contribution in [0, 0.1) is 0 Å². The molecule has 5 nitrogen and oxygen atoms in total. The normalized spacial score (nSPS) is 13.9. The monoisotopic (exact) mass is 250 g/mol. The van der Waals surface area contributed by atoms with E-state index in [1.165, 1.54) is 6.92 Å². The lowest BCUT2D eigenvalue weighted by molar-refractivity contribution is -0.114. The van der Waals surface area contributed by atoms with Crippen molar-refractivity contribution < 1.29 is 14.3 Å². The van der Waals surface area contributed by atoms with E-state index in [0.29, 0.717) is 18.0 Å². The number of hydrogen-bond acceptors (Lipinski definition) is 3. The first-order valence-corrected chi connectivity index (χ1v) is 6.32. The fourth-order valence-electron chi connectivity index (χ4n) is 2.38. The lowest BCUT2D eigenvalue weighted by Gasteiger charge is -2.11. The van der Waals surface area contributed by atoms with Crippen LogP contribution in [0.4, 0.5) is 5.82 Å². The molecular weight excluding hydrogens is 232 g/mol. The van der Waals surface area contributed by atoms with Gasteiger partial charge in [-0.15, -0.1) is 0 Å². The largest absolute Gasteiger partial charge is 0.462 e. The van der Waals surface area contributed by atoms with Gasteiger partial charge in [0.15, 0.2) is 0 Å². The Balaban J connectivity index is 2.41. The number of aromatic nitrogens is 1. The van der Waals surface area contributed by atoms with Crippen molar-refractivity contribution in [2.75, 3.05) is 11.9 Å². The molecule has 98 valence electrons. The fraction of sp³-hybridized carbons (Fsp3) is 0.538. The number of esters is 1. The molecule has 0 saturated heterocycles. The number of aryl methyl sites for hydroxylation is 1. The number of carbonyl (C=O) groups excluding carboxylic acids is 2. The van der Waals surface area contributed by atoms with Crippen molar-refractivity contribution in [3.8, 4) is 0 Å². The molecule has 0 unspecified atom stereocenters. The first-order chi connectivity index (χ1) is 8.63. The zero-order valence-corrected chi connectivity index (χ0v) is 10.8. The summed E-state index contributed by atoms with van der Waals surface area (Å²) in [6.45, 7) is 3.53. The Hall–Kier alpha value is -1.78. The maximum absolute atomic E-state index is 12.0. The number of ether oxygens (including phenoxy) is 1. The van der Waals surface area contributed by atoms with Gasteiger partial charge in [-0.05, 0) is 38.2 Å². The average Bonchev–Trinajstić information content (AvgIpc) is 2.66. The van der Waals surface area contributed by atoms with Gasteiger partial charge in [-0.3, -0.25) is 4.79 Å². The van der Waals surface area contributed by atoms with Gasteiger partial charge in [-0.25, -0.2) is 4.79 Å². The molecule has 1 aromatic rings. The summed E-state index contributed by atoms with van der Waals surface area (Å²) in [7, 11) is 0. The first kappa shape index (κ1) is 12.7. The van der Waals surface area contributed by atoms with E-state index in [2.05, 4.69) is 10.3 Å². The summed E-state index contributed by atoms with van der Waals surface area (Å²) in [4.78, 5) is 26.3. The van der Waals surface area contributed by atoms with Gasteiger partial charge in [0.1, 0.15) is 11.4 Å². The van der Waals surface area contributed by atoms with Gasteiger partial charge in [-0.2, -0.15) is 0 Å². The zero-order valence-electron chi connectivity index (χ0n) is 10.8. The van der Waals surface area contributed by atoms with Crippen molar-refractivity contribution in [1.82, 2.24) is 4.98 Å². The molecule has 1 aliphatic carbocycles. The quantitative estimate of drug-likeness (QED) is 0.806. The second kappa shape index (κ2) is 5.25. The molecule has 0 atom stereocenters. The number of aromatic amines is 1. The molecule has 5 heteroatoms. The predicted octanol–water partition coefficient (Wildman–Crippen LogP) is 2.03. The lowest BCUT2D eigenvalue weighted by Crippen LogP contribution is -2.13. The molecule has 1 aromatic heterocycles. The van der Waals surface area contributed by atoms with Gasteiger partial charge < -0.3 is 15.0 Å². The van der Waals surface area contributed by atoms with Gasteiger partial charge in [-0.1, -0.05) is 0 Å². The lowest BCUT2D eigenvalue weighted by atomic mass is 9.95. The molecule has 0 aliphatic heterocycles. The molecule has 0 saturated carbocycles. The Morgan fingerprint density at radius 2 is 2.06 bits per heavy atom. The van der Waals surface area contributed by atoms with Gasteiger partial charge in [0.2, 0.25) is 5.91 Å². The van der Waals surface area contributed by atoms with Gasteiger partial charge in [0.05, 0.1) is 6.61 Å². The van der Waals surface area contributed by atoms with Crippen LogP contribution in [0.3, 0.4) is 0 Å². The van der Waals surface area contributed by atoms with Crippen molar-refractivity contribution in [2.45, 2.75) is 39.5 Å². The third kappa shape index (κ3) is 2.39. The van der Waals surface area contributed by atoms with E-state index >= 15 is 0 Å². The average molecular weight is 250 g/mol. The number of fused-ring (bicyclic) bond motifs is 1. The number of rotatable bonds is 3. The van der Waals surface area contributed by atoms with Crippen LogP contribution in [0.2, 0.25) is 0 Å². The molecule has 0 spiro atoms. The Kier molecular flexibility index (Phi) is 3.69. The third-order valence-corrected chi connectivity index (χ3v) is 3.08. The Morgan fingerprint density at radius 1 is 1.33 bits per heavy atom. The smallest absolute Gasteiger partial charge is 0.342 e. The van der Waals surface area contributed by atoms with Crippen LogP contribution < -0.4 is 5.32 Å². The molecule has 1 amide bonds.